The first-order chi connectivity index (χ1) is 6.02. The van der Waals surface area contributed by atoms with E-state index in [2.05, 4.69) is 0 Å². The number of esters is 1. The van der Waals surface area contributed by atoms with Crippen LogP contribution in [0, 0.1) is 13.8 Å². The largest absolute Gasteiger partial charge is 0.426 e. The van der Waals surface area contributed by atoms with Gasteiger partial charge in [-0.3, -0.25) is 4.79 Å². The van der Waals surface area contributed by atoms with Crippen molar-refractivity contribution in [2.75, 3.05) is 5.73 Å². The van der Waals surface area contributed by atoms with E-state index < -0.39 is 0 Å². The number of hydrogen-bond acceptors (Lipinski definition) is 3. The summed E-state index contributed by atoms with van der Waals surface area (Å²) in [5.74, 6) is 0.270. The summed E-state index contributed by atoms with van der Waals surface area (Å²) in [6.45, 7) is 5.16. The lowest BCUT2D eigenvalue weighted by Gasteiger charge is -2.09. The minimum Gasteiger partial charge on any atom is -0.426 e. The van der Waals surface area contributed by atoms with Crippen LogP contribution in [0.3, 0.4) is 0 Å². The van der Waals surface area contributed by atoms with Gasteiger partial charge in [0.15, 0.2) is 0 Å². The molecule has 1 aromatic rings. The van der Waals surface area contributed by atoms with Crippen molar-refractivity contribution in [1.29, 1.82) is 0 Å². The molecule has 0 aliphatic heterocycles. The van der Waals surface area contributed by atoms with Crippen molar-refractivity contribution >= 4 is 11.7 Å². The van der Waals surface area contributed by atoms with E-state index in [4.69, 9.17) is 10.5 Å². The van der Waals surface area contributed by atoms with E-state index in [1.807, 2.05) is 13.8 Å². The van der Waals surface area contributed by atoms with Crippen molar-refractivity contribution in [3.8, 4) is 5.75 Å². The molecule has 0 fully saturated rings. The molecule has 70 valence electrons. The monoisotopic (exact) mass is 179 g/mol. The third-order valence-corrected chi connectivity index (χ3v) is 2.03. The molecule has 2 N–H and O–H groups in total. The van der Waals surface area contributed by atoms with Gasteiger partial charge in [0.25, 0.3) is 0 Å². The molecular formula is C10H13NO2. The summed E-state index contributed by atoms with van der Waals surface area (Å²) >= 11 is 0. The molecular weight excluding hydrogens is 166 g/mol. The highest BCUT2D eigenvalue weighted by Crippen LogP contribution is 2.25. The maximum Gasteiger partial charge on any atom is 0.308 e. The van der Waals surface area contributed by atoms with Gasteiger partial charge in [0.05, 0.1) is 0 Å². The van der Waals surface area contributed by atoms with Gasteiger partial charge >= 0.3 is 5.97 Å². The molecule has 0 unspecified atom stereocenters. The average Bonchev–Trinajstić information content (AvgIpc) is 2.06. The molecule has 0 spiro atoms. The van der Waals surface area contributed by atoms with Crippen molar-refractivity contribution < 1.29 is 9.53 Å². The lowest BCUT2D eigenvalue weighted by molar-refractivity contribution is -0.131. The first-order valence-corrected chi connectivity index (χ1v) is 4.06. The Labute approximate surface area is 77.5 Å². The van der Waals surface area contributed by atoms with Gasteiger partial charge in [-0.25, -0.2) is 0 Å². The molecule has 0 bridgehead atoms. The topological polar surface area (TPSA) is 52.3 Å². The van der Waals surface area contributed by atoms with Gasteiger partial charge in [-0.2, -0.15) is 0 Å². The average molecular weight is 179 g/mol. The molecule has 0 radical (unpaired) electrons. The van der Waals surface area contributed by atoms with Crippen LogP contribution < -0.4 is 10.5 Å². The number of carbonyl (C=O) groups is 1. The van der Waals surface area contributed by atoms with Gasteiger partial charge < -0.3 is 10.5 Å². The Balaban J connectivity index is 3.10. The Bertz CT molecular complexity index is 345. The van der Waals surface area contributed by atoms with Crippen molar-refractivity contribution in [3.63, 3.8) is 0 Å². The van der Waals surface area contributed by atoms with Gasteiger partial charge in [-0.05, 0) is 37.1 Å². The molecule has 1 aromatic carbocycles. The standard InChI is InChI=1S/C10H13NO2/c1-6-7(2)10(13-8(3)12)5-4-9(6)11/h4-5H,11H2,1-3H3. The van der Waals surface area contributed by atoms with E-state index in [9.17, 15) is 4.79 Å². The lowest BCUT2D eigenvalue weighted by atomic mass is 10.1. The van der Waals surface area contributed by atoms with Gasteiger partial charge in [0.1, 0.15) is 5.75 Å². The van der Waals surface area contributed by atoms with Crippen LogP contribution in [0.15, 0.2) is 12.1 Å². The third-order valence-electron chi connectivity index (χ3n) is 2.03. The summed E-state index contributed by atoms with van der Waals surface area (Å²) < 4.78 is 4.99. The number of carbonyl (C=O) groups excluding carboxylic acids is 1. The predicted octanol–water partition coefficient (Wildman–Crippen LogP) is 1.81. The van der Waals surface area contributed by atoms with Gasteiger partial charge in [0, 0.05) is 12.6 Å². The van der Waals surface area contributed by atoms with Crippen LogP contribution in [0.5, 0.6) is 5.75 Å². The summed E-state index contributed by atoms with van der Waals surface area (Å²) in [6.07, 6.45) is 0. The lowest BCUT2D eigenvalue weighted by Crippen LogP contribution is -2.04. The molecule has 13 heavy (non-hydrogen) atoms. The zero-order valence-electron chi connectivity index (χ0n) is 8.05. The number of rotatable bonds is 1. The van der Waals surface area contributed by atoms with E-state index in [-0.39, 0.29) is 5.97 Å². The Morgan fingerprint density at radius 3 is 2.46 bits per heavy atom. The van der Waals surface area contributed by atoms with E-state index in [1.165, 1.54) is 6.92 Å². The summed E-state index contributed by atoms with van der Waals surface area (Å²) in [5.41, 5.74) is 8.27. The smallest absolute Gasteiger partial charge is 0.308 e. The number of nitrogens with two attached hydrogens (primary N) is 1. The normalized spacial score (nSPS) is 9.77. The number of anilines is 1. The molecule has 0 amide bonds. The van der Waals surface area contributed by atoms with Crippen LogP contribution in [-0.2, 0) is 4.79 Å². The second-order valence-corrected chi connectivity index (χ2v) is 3.00. The van der Waals surface area contributed by atoms with E-state index in [1.54, 1.807) is 12.1 Å². The summed E-state index contributed by atoms with van der Waals surface area (Å²) in [5, 5.41) is 0. The molecule has 3 nitrogen and oxygen atoms in total. The Morgan fingerprint density at radius 1 is 1.31 bits per heavy atom. The molecule has 0 heterocycles. The first-order valence-electron chi connectivity index (χ1n) is 4.06. The summed E-state index contributed by atoms with van der Waals surface area (Å²) in [6, 6.07) is 3.44. The van der Waals surface area contributed by atoms with Crippen LogP contribution in [-0.4, -0.2) is 5.97 Å². The Morgan fingerprint density at radius 2 is 1.92 bits per heavy atom. The van der Waals surface area contributed by atoms with Crippen molar-refractivity contribution in [3.05, 3.63) is 23.3 Å². The molecule has 0 atom stereocenters. The highest BCUT2D eigenvalue weighted by molar-refractivity contribution is 5.70. The number of nitrogen functional groups attached to an aromatic ring is 1. The van der Waals surface area contributed by atoms with Crippen LogP contribution >= 0.6 is 0 Å². The van der Waals surface area contributed by atoms with Crippen molar-refractivity contribution in [2.45, 2.75) is 20.8 Å². The fourth-order valence-electron chi connectivity index (χ4n) is 1.08. The van der Waals surface area contributed by atoms with Gasteiger partial charge in [-0.15, -0.1) is 0 Å². The zero-order valence-corrected chi connectivity index (χ0v) is 8.05. The van der Waals surface area contributed by atoms with E-state index in [0.29, 0.717) is 11.4 Å². The molecule has 0 saturated carbocycles. The van der Waals surface area contributed by atoms with Gasteiger partial charge in [-0.1, -0.05) is 0 Å². The number of hydrogen-bond donors (Lipinski definition) is 1. The quantitative estimate of drug-likeness (QED) is 0.406. The number of benzene rings is 1. The predicted molar refractivity (Wildman–Crippen MR) is 51.6 cm³/mol. The minimum atomic E-state index is -0.313. The molecule has 0 aliphatic rings. The molecule has 0 aliphatic carbocycles. The third kappa shape index (κ3) is 1.99. The SMILES string of the molecule is CC(=O)Oc1ccc(N)c(C)c1C. The number of ether oxygens (including phenoxy) is 1. The minimum absolute atomic E-state index is 0.313. The van der Waals surface area contributed by atoms with E-state index >= 15 is 0 Å². The highest BCUT2D eigenvalue weighted by atomic mass is 16.5. The Hall–Kier alpha value is -1.51. The molecule has 0 aromatic heterocycles. The summed E-state index contributed by atoms with van der Waals surface area (Å²) in [7, 11) is 0. The fourth-order valence-corrected chi connectivity index (χ4v) is 1.08. The van der Waals surface area contributed by atoms with Crippen LogP contribution in [0.4, 0.5) is 5.69 Å². The maximum absolute atomic E-state index is 10.7. The summed E-state index contributed by atoms with van der Waals surface area (Å²) in [4.78, 5) is 10.7. The first kappa shape index (κ1) is 9.58. The van der Waals surface area contributed by atoms with E-state index in [0.717, 1.165) is 11.1 Å². The second kappa shape index (κ2) is 3.47. The van der Waals surface area contributed by atoms with Crippen molar-refractivity contribution in [2.24, 2.45) is 0 Å². The van der Waals surface area contributed by atoms with Crippen molar-refractivity contribution in [1.82, 2.24) is 0 Å². The highest BCUT2D eigenvalue weighted by Gasteiger charge is 2.06. The molecule has 0 saturated heterocycles. The van der Waals surface area contributed by atoms with Crippen LogP contribution in [0.1, 0.15) is 18.1 Å². The fraction of sp³-hybridized carbons (Fsp3) is 0.300. The maximum atomic E-state index is 10.7. The van der Waals surface area contributed by atoms with Crippen LogP contribution in [0.2, 0.25) is 0 Å². The second-order valence-electron chi connectivity index (χ2n) is 3.00. The van der Waals surface area contributed by atoms with Crippen LogP contribution in [0.25, 0.3) is 0 Å². The molecule has 3 heteroatoms. The zero-order chi connectivity index (χ0) is 10.0. The Kier molecular flexibility index (Phi) is 2.56. The molecule has 1 rings (SSSR count). The van der Waals surface area contributed by atoms with Gasteiger partial charge in [0.2, 0.25) is 0 Å².